The molecule has 0 rings (SSSR count). The fraction of sp³-hybridized carbons (Fsp3) is 0.881. The minimum Gasteiger partial charge on any atom is -0.462 e. The number of esters is 2. The maximum atomic E-state index is 12.8. The summed E-state index contributed by atoms with van der Waals surface area (Å²) in [7, 11) is 1.47. The highest BCUT2D eigenvalue weighted by molar-refractivity contribution is 7.47. The molecule has 0 radical (unpaired) electrons. The topological polar surface area (TPSA) is 108 Å². The van der Waals surface area contributed by atoms with Crippen LogP contribution in [0.4, 0.5) is 0 Å². The highest BCUT2D eigenvalue weighted by Crippen LogP contribution is 2.43. The minimum atomic E-state index is -4.39. The molecule has 0 spiro atoms. The van der Waals surface area contributed by atoms with E-state index in [4.69, 9.17) is 18.5 Å². The van der Waals surface area contributed by atoms with Crippen molar-refractivity contribution in [2.75, 3.05) is 47.5 Å². The Morgan fingerprint density at radius 2 is 0.740 bits per heavy atom. The number of hydrogen-bond acceptors (Lipinski definition) is 7. The average Bonchev–Trinajstić information content (AvgIpc) is 3.39. The first-order chi connectivity index (χ1) is 37.5. The highest BCUT2D eigenvalue weighted by Gasteiger charge is 2.27. The van der Waals surface area contributed by atoms with Crippen molar-refractivity contribution in [3.63, 3.8) is 0 Å². The number of rotatable bonds is 62. The van der Waals surface area contributed by atoms with Crippen molar-refractivity contribution in [3.05, 3.63) is 36.5 Å². The minimum absolute atomic E-state index is 0.0291. The third-order valence-corrected chi connectivity index (χ3v) is 15.9. The molecule has 0 aliphatic carbocycles. The van der Waals surface area contributed by atoms with Crippen LogP contribution < -0.4 is 0 Å². The Hall–Kier alpha value is -1.77. The summed E-state index contributed by atoms with van der Waals surface area (Å²) in [6.07, 6.45) is 74.2. The van der Waals surface area contributed by atoms with Crippen molar-refractivity contribution >= 4 is 19.8 Å². The van der Waals surface area contributed by atoms with Crippen LogP contribution in [0.2, 0.25) is 0 Å². The molecule has 77 heavy (non-hydrogen) atoms. The van der Waals surface area contributed by atoms with E-state index in [0.717, 1.165) is 70.6 Å². The maximum absolute atomic E-state index is 12.8. The molecule has 454 valence electrons. The number of phosphoric ester groups is 1. The van der Waals surface area contributed by atoms with Gasteiger partial charge < -0.3 is 18.9 Å². The van der Waals surface area contributed by atoms with Gasteiger partial charge in [0.25, 0.3) is 0 Å². The van der Waals surface area contributed by atoms with Crippen LogP contribution in [0, 0.1) is 0 Å². The summed E-state index contributed by atoms with van der Waals surface area (Å²) >= 11 is 0. The lowest BCUT2D eigenvalue weighted by Gasteiger charge is -2.24. The Morgan fingerprint density at radius 1 is 0.416 bits per heavy atom. The van der Waals surface area contributed by atoms with Gasteiger partial charge in [-0.3, -0.25) is 18.6 Å². The summed E-state index contributed by atoms with van der Waals surface area (Å²) in [6, 6.07) is 0. The third-order valence-electron chi connectivity index (χ3n) is 14.9. The first kappa shape index (κ1) is 75.2. The maximum Gasteiger partial charge on any atom is 0.472 e. The molecule has 0 aromatic heterocycles. The summed E-state index contributed by atoms with van der Waals surface area (Å²) < 4.78 is 34.6. The second kappa shape index (κ2) is 58.9. The van der Waals surface area contributed by atoms with Gasteiger partial charge in [0.15, 0.2) is 6.10 Å². The van der Waals surface area contributed by atoms with E-state index in [1.165, 1.54) is 225 Å². The summed E-state index contributed by atoms with van der Waals surface area (Å²) in [4.78, 5) is 35.7. The van der Waals surface area contributed by atoms with Crippen LogP contribution in [0.15, 0.2) is 36.5 Å². The molecule has 0 saturated heterocycles. The van der Waals surface area contributed by atoms with Crippen LogP contribution in [0.3, 0.4) is 0 Å². The SMILES string of the molecule is CC/C=C\C/C=C\C/C=C\CCCCCCCC(=O)OC(COC(=O)CCCCCCCCCCCCCCCCCCCCCCCCCCCCCCCCCCCCCCCC)COP(=O)(O)OCC[N+](C)(C)C. The lowest BCUT2D eigenvalue weighted by Crippen LogP contribution is -2.37. The predicted octanol–water partition coefficient (Wildman–Crippen LogP) is 21.1. The van der Waals surface area contributed by atoms with E-state index >= 15 is 0 Å². The molecule has 0 fully saturated rings. The molecule has 0 aliphatic heterocycles. The first-order valence-electron chi connectivity index (χ1n) is 33.2. The van der Waals surface area contributed by atoms with E-state index in [1.807, 2.05) is 21.1 Å². The van der Waals surface area contributed by atoms with Gasteiger partial charge in [0, 0.05) is 12.8 Å². The monoisotopic (exact) mass is 1110 g/mol. The predicted molar refractivity (Wildman–Crippen MR) is 330 cm³/mol. The van der Waals surface area contributed by atoms with Gasteiger partial charge in [-0.05, 0) is 44.9 Å². The molecule has 9 nitrogen and oxygen atoms in total. The number of allylic oxidation sites excluding steroid dienone is 6. The summed E-state index contributed by atoms with van der Waals surface area (Å²) in [5.41, 5.74) is 0. The molecular formula is C67H129NO8P+. The largest absolute Gasteiger partial charge is 0.472 e. The Labute approximate surface area is 478 Å². The number of phosphoric acid groups is 1. The standard InChI is InChI=1S/C67H128NO8P/c1-6-8-10-12-14-16-18-20-22-23-24-25-26-27-28-29-30-31-32-33-34-35-36-37-38-39-40-41-42-43-44-46-47-49-51-53-55-57-59-66(69)73-63-65(64-75-77(71,72)74-62-61-68(3,4)5)76-67(70)60-58-56-54-52-50-48-45-21-19-17-15-13-11-9-7-2/h9,11,15,17,21,45,65H,6-8,10,12-14,16,18-20,22-44,46-64H2,1-5H3/p+1/b11-9-,17-15-,45-21-. The van der Waals surface area contributed by atoms with Gasteiger partial charge in [0.2, 0.25) is 0 Å². The second-order valence-corrected chi connectivity index (χ2v) is 25.3. The molecule has 2 atom stereocenters. The van der Waals surface area contributed by atoms with Crippen molar-refractivity contribution in [1.82, 2.24) is 0 Å². The molecule has 0 aromatic rings. The van der Waals surface area contributed by atoms with Crippen molar-refractivity contribution < 1.29 is 42.1 Å². The van der Waals surface area contributed by atoms with Crippen molar-refractivity contribution in [2.45, 2.75) is 335 Å². The van der Waals surface area contributed by atoms with Crippen LogP contribution in [0.5, 0.6) is 0 Å². The summed E-state index contributed by atoms with van der Waals surface area (Å²) in [6.45, 7) is 4.34. The zero-order chi connectivity index (χ0) is 56.3. The van der Waals surface area contributed by atoms with E-state index < -0.39 is 26.5 Å². The quantitative estimate of drug-likeness (QED) is 0.0211. The number of likely N-dealkylation sites (N-methyl/N-ethyl adjacent to an activating group) is 1. The smallest absolute Gasteiger partial charge is 0.462 e. The molecule has 2 unspecified atom stereocenters. The normalized spacial score (nSPS) is 13.4. The zero-order valence-corrected chi connectivity index (χ0v) is 52.6. The van der Waals surface area contributed by atoms with E-state index in [1.54, 1.807) is 0 Å². The number of carbonyl (C=O) groups excluding carboxylic acids is 2. The van der Waals surface area contributed by atoms with Gasteiger partial charge in [-0.25, -0.2) is 4.57 Å². The summed E-state index contributed by atoms with van der Waals surface area (Å²) in [5, 5.41) is 0. The number of nitrogens with zero attached hydrogens (tertiary/aromatic N) is 1. The van der Waals surface area contributed by atoms with E-state index in [9.17, 15) is 19.0 Å². The van der Waals surface area contributed by atoms with Crippen LogP contribution >= 0.6 is 7.82 Å². The van der Waals surface area contributed by atoms with Gasteiger partial charge in [-0.15, -0.1) is 0 Å². The van der Waals surface area contributed by atoms with Gasteiger partial charge >= 0.3 is 19.8 Å². The van der Waals surface area contributed by atoms with Gasteiger partial charge in [-0.1, -0.05) is 307 Å². The Morgan fingerprint density at radius 3 is 1.10 bits per heavy atom. The molecule has 1 N–H and O–H groups in total. The van der Waals surface area contributed by atoms with Crippen LogP contribution in [-0.4, -0.2) is 74.9 Å². The average molecular weight is 1110 g/mol. The third kappa shape index (κ3) is 63.3. The van der Waals surface area contributed by atoms with Crippen LogP contribution in [0.25, 0.3) is 0 Å². The summed E-state index contributed by atoms with van der Waals surface area (Å²) in [5.74, 6) is -0.804. The lowest BCUT2D eigenvalue weighted by molar-refractivity contribution is -0.870. The first-order valence-corrected chi connectivity index (χ1v) is 34.7. The molecular weight excluding hydrogens is 978 g/mol. The van der Waals surface area contributed by atoms with Gasteiger partial charge in [-0.2, -0.15) is 0 Å². The number of quaternary nitrogens is 1. The fourth-order valence-electron chi connectivity index (χ4n) is 9.86. The van der Waals surface area contributed by atoms with Crippen LogP contribution in [0.1, 0.15) is 328 Å². The molecule has 0 bridgehead atoms. The highest BCUT2D eigenvalue weighted by atomic mass is 31.2. The molecule has 0 amide bonds. The molecule has 10 heteroatoms. The van der Waals surface area contributed by atoms with Crippen molar-refractivity contribution in [1.29, 1.82) is 0 Å². The Bertz CT molecular complexity index is 1390. The van der Waals surface area contributed by atoms with E-state index in [-0.39, 0.29) is 32.0 Å². The molecule has 0 aliphatic rings. The fourth-order valence-corrected chi connectivity index (χ4v) is 10.6. The number of ether oxygens (including phenoxy) is 2. The van der Waals surface area contributed by atoms with E-state index in [2.05, 4.69) is 50.3 Å². The molecule has 0 aromatic carbocycles. The Balaban J connectivity index is 3.86. The number of carbonyl (C=O) groups is 2. The van der Waals surface area contributed by atoms with Crippen LogP contribution in [-0.2, 0) is 32.7 Å². The molecule has 0 heterocycles. The lowest BCUT2D eigenvalue weighted by atomic mass is 10.0. The zero-order valence-electron chi connectivity index (χ0n) is 51.7. The van der Waals surface area contributed by atoms with Crippen molar-refractivity contribution in [3.8, 4) is 0 Å². The van der Waals surface area contributed by atoms with E-state index in [0.29, 0.717) is 17.4 Å². The van der Waals surface area contributed by atoms with Gasteiger partial charge in [0.05, 0.1) is 27.7 Å². The van der Waals surface area contributed by atoms with Crippen molar-refractivity contribution in [2.24, 2.45) is 0 Å². The Kier molecular flexibility index (Phi) is 57.5. The number of hydrogen-bond donors (Lipinski definition) is 1. The van der Waals surface area contributed by atoms with Gasteiger partial charge in [0.1, 0.15) is 19.8 Å². The molecule has 0 saturated carbocycles. The number of unbranched alkanes of at least 4 members (excludes halogenated alkanes) is 42. The second-order valence-electron chi connectivity index (χ2n) is 23.8.